The van der Waals surface area contributed by atoms with Crippen molar-refractivity contribution in [2.24, 2.45) is 5.92 Å². The molecule has 3 aromatic carbocycles. The summed E-state index contributed by atoms with van der Waals surface area (Å²) in [7, 11) is 0. The Kier molecular flexibility index (Phi) is 9.28. The number of halogens is 4. The maximum Gasteiger partial charge on any atom is 0.154 e. The molecular weight excluding hydrogens is 635 g/mol. The summed E-state index contributed by atoms with van der Waals surface area (Å²) < 4.78 is 46.8. The molecule has 4 heterocycles. The maximum atomic E-state index is 15.9. The van der Waals surface area contributed by atoms with Crippen molar-refractivity contribution in [2.45, 2.75) is 19.3 Å². The Morgan fingerprint density at radius 2 is 1.56 bits per heavy atom. The van der Waals surface area contributed by atoms with Crippen LogP contribution in [0, 0.1) is 23.4 Å². The number of hydrogen-bond acceptors (Lipinski definition) is 6. The van der Waals surface area contributed by atoms with Gasteiger partial charge in [-0.3, -0.25) is 4.98 Å². The summed E-state index contributed by atoms with van der Waals surface area (Å²) in [6.45, 7) is 6.25. The number of anilines is 3. The number of nitrogens with zero attached hydrogens (tertiary/aromatic N) is 6. The normalized spacial score (nSPS) is 16.3. The molecule has 7 nitrogen and oxygen atoms in total. The van der Waals surface area contributed by atoms with E-state index in [-0.39, 0.29) is 27.8 Å². The van der Waals surface area contributed by atoms with Crippen LogP contribution < -0.4 is 15.5 Å². The first kappa shape index (κ1) is 32.0. The summed E-state index contributed by atoms with van der Waals surface area (Å²) in [5, 5.41) is 4.98. The summed E-state index contributed by atoms with van der Waals surface area (Å²) in [6, 6.07) is 18.6. The Morgan fingerprint density at radius 3 is 2.33 bits per heavy atom. The van der Waals surface area contributed by atoms with Crippen molar-refractivity contribution in [3.8, 4) is 28.1 Å². The smallest absolute Gasteiger partial charge is 0.154 e. The first-order chi connectivity index (χ1) is 23.3. The van der Waals surface area contributed by atoms with Crippen molar-refractivity contribution in [3.05, 3.63) is 108 Å². The van der Waals surface area contributed by atoms with E-state index in [1.54, 1.807) is 48.9 Å². The van der Waals surface area contributed by atoms with Gasteiger partial charge in [0.15, 0.2) is 11.6 Å². The van der Waals surface area contributed by atoms with E-state index in [9.17, 15) is 4.39 Å². The van der Waals surface area contributed by atoms with Crippen LogP contribution in [0.3, 0.4) is 0 Å². The van der Waals surface area contributed by atoms with Crippen molar-refractivity contribution in [2.75, 3.05) is 61.3 Å². The van der Waals surface area contributed by atoms with E-state index in [4.69, 9.17) is 22.4 Å². The van der Waals surface area contributed by atoms with Crippen LogP contribution in [-0.4, -0.2) is 65.5 Å². The van der Waals surface area contributed by atoms with Crippen molar-refractivity contribution < 1.29 is 13.2 Å². The summed E-state index contributed by atoms with van der Waals surface area (Å²) in [4.78, 5) is 11.0. The van der Waals surface area contributed by atoms with Gasteiger partial charge in [0.05, 0.1) is 11.4 Å². The molecule has 7 rings (SSSR count). The van der Waals surface area contributed by atoms with Crippen LogP contribution in [0.1, 0.15) is 19.3 Å². The Morgan fingerprint density at radius 1 is 0.771 bits per heavy atom. The highest BCUT2D eigenvalue weighted by Crippen LogP contribution is 2.37. The summed E-state index contributed by atoms with van der Waals surface area (Å²) in [5.41, 5.74) is 9.32. The predicted molar refractivity (Wildman–Crippen MR) is 186 cm³/mol. The Bertz CT molecular complexity index is 1890. The summed E-state index contributed by atoms with van der Waals surface area (Å²) >= 11 is 6.25. The Hall–Kier alpha value is -4.54. The van der Waals surface area contributed by atoms with Gasteiger partial charge in [-0.2, -0.15) is 5.10 Å². The average Bonchev–Trinajstić information content (AvgIpc) is 3.40. The molecule has 2 fully saturated rings. The predicted octanol–water partition coefficient (Wildman–Crippen LogP) is 7.68. The summed E-state index contributed by atoms with van der Waals surface area (Å²) in [6.07, 6.45) is 7.90. The van der Waals surface area contributed by atoms with E-state index in [1.165, 1.54) is 22.9 Å². The molecular formula is C37H37ClF3N7. The molecule has 11 heteroatoms. The molecule has 2 aliphatic rings. The minimum absolute atomic E-state index is 0.0809. The zero-order chi connectivity index (χ0) is 33.2. The van der Waals surface area contributed by atoms with Gasteiger partial charge >= 0.3 is 0 Å². The monoisotopic (exact) mass is 671 g/mol. The van der Waals surface area contributed by atoms with Crippen LogP contribution in [0.5, 0.6) is 0 Å². The molecule has 0 bridgehead atoms. The van der Waals surface area contributed by atoms with Crippen molar-refractivity contribution in [1.82, 2.24) is 19.7 Å². The molecule has 0 unspecified atom stereocenters. The zero-order valence-corrected chi connectivity index (χ0v) is 27.3. The van der Waals surface area contributed by atoms with E-state index < -0.39 is 11.6 Å². The second kappa shape index (κ2) is 13.9. The number of piperidine rings is 1. The second-order valence-electron chi connectivity index (χ2n) is 12.6. The lowest BCUT2D eigenvalue weighted by atomic mass is 9.95. The van der Waals surface area contributed by atoms with Gasteiger partial charge in [0.25, 0.3) is 0 Å². The van der Waals surface area contributed by atoms with Gasteiger partial charge in [-0.1, -0.05) is 23.7 Å². The van der Waals surface area contributed by atoms with Crippen LogP contribution in [0.2, 0.25) is 5.02 Å². The molecule has 248 valence electrons. The lowest BCUT2D eigenvalue weighted by molar-refractivity contribution is 0.223. The third-order valence-electron chi connectivity index (χ3n) is 9.48. The number of rotatable bonds is 7. The van der Waals surface area contributed by atoms with Gasteiger partial charge in [-0.05, 0) is 86.3 Å². The maximum absolute atomic E-state index is 15.9. The molecule has 0 saturated carbocycles. The van der Waals surface area contributed by atoms with Gasteiger partial charge < -0.3 is 20.4 Å². The number of pyridine rings is 1. The first-order valence-electron chi connectivity index (χ1n) is 16.4. The van der Waals surface area contributed by atoms with E-state index in [2.05, 4.69) is 19.7 Å². The summed E-state index contributed by atoms with van der Waals surface area (Å²) in [5.74, 6) is -0.635. The highest BCUT2D eigenvalue weighted by Gasteiger charge is 2.25. The van der Waals surface area contributed by atoms with E-state index in [0.29, 0.717) is 28.4 Å². The second-order valence-corrected chi connectivity index (χ2v) is 13.0. The fourth-order valence-electron chi connectivity index (χ4n) is 6.94. The molecule has 0 amide bonds. The van der Waals surface area contributed by atoms with Gasteiger partial charge in [0, 0.05) is 85.3 Å². The topological polar surface area (TPSA) is 66.5 Å². The zero-order valence-electron chi connectivity index (χ0n) is 26.5. The van der Waals surface area contributed by atoms with Crippen LogP contribution in [-0.2, 0) is 0 Å². The molecule has 0 aliphatic carbocycles. The highest BCUT2D eigenvalue weighted by molar-refractivity contribution is 6.31. The Balaban J connectivity index is 1.04. The third kappa shape index (κ3) is 6.73. The van der Waals surface area contributed by atoms with E-state index >= 15 is 8.78 Å². The number of hydrogen-bond donors (Lipinski definition) is 1. The van der Waals surface area contributed by atoms with Crippen molar-refractivity contribution in [1.29, 1.82) is 0 Å². The molecule has 5 aromatic rings. The largest absolute Gasteiger partial charge is 0.396 e. The molecule has 2 N–H and O–H groups in total. The van der Waals surface area contributed by atoms with Crippen LogP contribution in [0.25, 0.3) is 28.1 Å². The fraction of sp³-hybridized carbons (Fsp3) is 0.297. The standard InChI is InChI=1S/C37H37ClF3N7/c38-27-20-29(36(41)33(42)21-27)30-24-48(44-37(30)26-8-12-43-13-9-26)35-7-6-28(22-32(35)40)46-15-3-14-45(18-19-46)23-25-10-16-47(17-11-25)34-5-2-1-4-31(34)39/h1-2,4-9,12-13,20-22,24-25H,3,10-11,14-19,23,42H2. The first-order valence-corrected chi connectivity index (χ1v) is 16.7. The molecule has 0 radical (unpaired) electrons. The molecule has 2 saturated heterocycles. The van der Waals surface area contributed by atoms with Crippen molar-refractivity contribution >= 4 is 28.7 Å². The fourth-order valence-corrected chi connectivity index (χ4v) is 7.17. The number of aromatic nitrogens is 3. The average molecular weight is 672 g/mol. The third-order valence-corrected chi connectivity index (χ3v) is 9.70. The van der Waals surface area contributed by atoms with Crippen LogP contribution in [0.15, 0.2) is 85.3 Å². The highest BCUT2D eigenvalue weighted by atomic mass is 35.5. The lowest BCUT2D eigenvalue weighted by Crippen LogP contribution is -2.40. The molecule has 48 heavy (non-hydrogen) atoms. The van der Waals surface area contributed by atoms with Crippen LogP contribution >= 0.6 is 11.6 Å². The minimum Gasteiger partial charge on any atom is -0.396 e. The lowest BCUT2D eigenvalue weighted by Gasteiger charge is -2.36. The van der Waals surface area contributed by atoms with Crippen molar-refractivity contribution in [3.63, 3.8) is 0 Å². The van der Waals surface area contributed by atoms with Gasteiger partial charge in [0.2, 0.25) is 0 Å². The minimum atomic E-state index is -0.617. The Labute approximate surface area is 283 Å². The number of benzene rings is 3. The SMILES string of the molecule is Nc1cc(Cl)cc(-c2cn(-c3ccc(N4CCCN(CC5CCN(c6ccccc6F)CC5)CC4)cc3F)nc2-c2ccncc2)c1F. The van der Waals surface area contributed by atoms with E-state index in [0.717, 1.165) is 70.8 Å². The molecule has 0 atom stereocenters. The van der Waals surface area contributed by atoms with Crippen LogP contribution in [0.4, 0.5) is 30.2 Å². The van der Waals surface area contributed by atoms with Gasteiger partial charge in [-0.15, -0.1) is 0 Å². The quantitative estimate of drug-likeness (QED) is 0.179. The van der Waals surface area contributed by atoms with Gasteiger partial charge in [-0.25, -0.2) is 17.9 Å². The van der Waals surface area contributed by atoms with Gasteiger partial charge in [0.1, 0.15) is 17.2 Å². The molecule has 0 spiro atoms. The number of nitrogens with two attached hydrogens (primary N) is 1. The van der Waals surface area contributed by atoms with E-state index in [1.807, 2.05) is 18.2 Å². The number of para-hydroxylation sites is 1. The molecule has 2 aliphatic heterocycles. The number of nitrogen functional groups attached to an aromatic ring is 1. The molecule has 2 aromatic heterocycles.